The second-order valence-electron chi connectivity index (χ2n) is 5.19. The van der Waals surface area contributed by atoms with Crippen LogP contribution >= 0.6 is 0 Å². The maximum Gasteiger partial charge on any atom is 0.244 e. The number of rotatable bonds is 9. The van der Waals surface area contributed by atoms with Crippen molar-refractivity contribution in [2.75, 3.05) is 6.61 Å². The van der Waals surface area contributed by atoms with Gasteiger partial charge in [-0.1, -0.05) is 30.3 Å². The lowest BCUT2D eigenvalue weighted by molar-refractivity contribution is -0.132. The molecule has 2 aromatic rings. The van der Waals surface area contributed by atoms with Crippen LogP contribution in [-0.4, -0.2) is 18.3 Å². The highest BCUT2D eigenvalue weighted by Gasteiger charge is 2.09. The Morgan fingerprint density at radius 3 is 2.40 bits per heavy atom. The monoisotopic (exact) mass is 338 g/mol. The van der Waals surface area contributed by atoms with Gasteiger partial charge in [0, 0.05) is 18.4 Å². The lowest BCUT2D eigenvalue weighted by atomic mass is 10.1. The van der Waals surface area contributed by atoms with Crippen LogP contribution < -0.4 is 10.2 Å². The minimum atomic E-state index is -0.439. The van der Waals surface area contributed by atoms with Crippen molar-refractivity contribution in [3.05, 3.63) is 65.7 Å². The summed E-state index contributed by atoms with van der Waals surface area (Å²) in [6, 6.07) is 18.3. The quantitative estimate of drug-likeness (QED) is 0.431. The van der Waals surface area contributed by atoms with Crippen LogP contribution in [0, 0.1) is 11.3 Å². The third-order valence-electron chi connectivity index (χ3n) is 3.33. The Balaban J connectivity index is 1.78. The molecule has 0 fully saturated rings. The summed E-state index contributed by atoms with van der Waals surface area (Å²) in [6.45, 7) is 0.223. The van der Waals surface area contributed by atoms with Crippen molar-refractivity contribution in [2.45, 2.75) is 19.4 Å². The molecule has 2 rings (SSSR count). The minimum Gasteiger partial charge on any atom is -0.489 e. The van der Waals surface area contributed by atoms with Gasteiger partial charge in [-0.3, -0.25) is 14.4 Å². The Morgan fingerprint density at radius 1 is 1.00 bits per heavy atom. The van der Waals surface area contributed by atoms with E-state index in [2.05, 4.69) is 10.3 Å². The molecule has 0 saturated heterocycles. The summed E-state index contributed by atoms with van der Waals surface area (Å²) >= 11 is 0. The summed E-state index contributed by atoms with van der Waals surface area (Å²) < 4.78 is 5.66. The fourth-order valence-electron chi connectivity index (χ4n) is 2.05. The van der Waals surface area contributed by atoms with Gasteiger partial charge in [0.05, 0.1) is 6.07 Å². The van der Waals surface area contributed by atoms with Crippen LogP contribution in [0.25, 0.3) is 0 Å². The molecule has 0 aliphatic heterocycles. The van der Waals surface area contributed by atoms with Gasteiger partial charge >= 0.3 is 0 Å². The molecule has 0 heterocycles. The van der Waals surface area contributed by atoms with Crippen molar-refractivity contribution in [3.63, 3.8) is 0 Å². The number of hydroxylamine groups is 1. The highest BCUT2D eigenvalue weighted by Crippen LogP contribution is 2.15. The van der Waals surface area contributed by atoms with Crippen LogP contribution in [0.1, 0.15) is 28.8 Å². The molecule has 0 radical (unpaired) electrons. The number of carbonyl (C=O) groups excluding carboxylic acids is 2. The van der Waals surface area contributed by atoms with Crippen molar-refractivity contribution < 1.29 is 19.2 Å². The van der Waals surface area contributed by atoms with E-state index in [4.69, 9.17) is 10.00 Å². The molecule has 6 heteroatoms. The molecule has 2 aromatic carbocycles. The van der Waals surface area contributed by atoms with Crippen molar-refractivity contribution in [2.24, 2.45) is 0 Å². The van der Waals surface area contributed by atoms with Crippen molar-refractivity contribution >= 4 is 11.7 Å². The average Bonchev–Trinajstić information content (AvgIpc) is 2.66. The molecule has 128 valence electrons. The summed E-state index contributed by atoms with van der Waals surface area (Å²) in [5, 5.41) is 8.28. The zero-order valence-electron chi connectivity index (χ0n) is 13.6. The number of ether oxygens (including phenoxy) is 1. The van der Waals surface area contributed by atoms with Crippen molar-refractivity contribution in [3.8, 4) is 11.8 Å². The van der Waals surface area contributed by atoms with E-state index in [1.165, 1.54) is 0 Å². The first-order chi connectivity index (χ1) is 12.2. The topological polar surface area (TPSA) is 88.4 Å². The van der Waals surface area contributed by atoms with E-state index in [1.807, 2.05) is 30.3 Å². The van der Waals surface area contributed by atoms with E-state index >= 15 is 0 Å². The third-order valence-corrected chi connectivity index (χ3v) is 3.33. The lowest BCUT2D eigenvalue weighted by Gasteiger charge is -2.07. The van der Waals surface area contributed by atoms with Gasteiger partial charge in [-0.2, -0.15) is 5.26 Å². The predicted octanol–water partition coefficient (Wildman–Crippen LogP) is 2.80. The number of nitriles is 1. The molecule has 0 unspecified atom stereocenters. The van der Waals surface area contributed by atoms with E-state index in [-0.39, 0.29) is 25.2 Å². The smallest absolute Gasteiger partial charge is 0.244 e. The molecule has 1 N–H and O–H groups in total. The molecule has 0 spiro atoms. The highest BCUT2D eigenvalue weighted by atomic mass is 16.6. The first kappa shape index (κ1) is 18.2. The molecule has 0 bridgehead atoms. The average molecular weight is 338 g/mol. The summed E-state index contributed by atoms with van der Waals surface area (Å²) in [5.41, 5.74) is 3.67. The van der Waals surface area contributed by atoms with Gasteiger partial charge < -0.3 is 4.74 Å². The lowest BCUT2D eigenvalue weighted by Crippen LogP contribution is -2.24. The molecular formula is C19H18N2O4. The Hall–Kier alpha value is -3.17. The normalized spacial score (nSPS) is 9.88. The van der Waals surface area contributed by atoms with Gasteiger partial charge in [0.15, 0.2) is 12.4 Å². The second-order valence-corrected chi connectivity index (χ2v) is 5.19. The van der Waals surface area contributed by atoms with Gasteiger partial charge in [0.1, 0.15) is 12.4 Å². The summed E-state index contributed by atoms with van der Waals surface area (Å²) in [7, 11) is 0. The Kier molecular flexibility index (Phi) is 7.16. The Morgan fingerprint density at radius 2 is 1.72 bits per heavy atom. The maximum absolute atomic E-state index is 12.1. The van der Waals surface area contributed by atoms with Crippen molar-refractivity contribution in [1.29, 1.82) is 5.26 Å². The van der Waals surface area contributed by atoms with Crippen molar-refractivity contribution in [1.82, 2.24) is 5.48 Å². The molecule has 25 heavy (non-hydrogen) atoms. The van der Waals surface area contributed by atoms with Gasteiger partial charge in [0.25, 0.3) is 0 Å². The van der Waals surface area contributed by atoms with Gasteiger partial charge in [0.2, 0.25) is 5.91 Å². The number of benzene rings is 2. The number of hydrogen-bond acceptors (Lipinski definition) is 5. The van der Waals surface area contributed by atoms with Crippen LogP contribution in [0.4, 0.5) is 0 Å². The van der Waals surface area contributed by atoms with Crippen LogP contribution in [-0.2, 0) is 16.2 Å². The second kappa shape index (κ2) is 9.85. The standard InChI is InChI=1S/C19H18N2O4/c20-12-13-25-21-19(23)11-10-18(22)16-6-8-17(9-7-16)24-14-15-4-2-1-3-5-15/h1-9H,10-11,13-14H2,(H,21,23). The van der Waals surface area contributed by atoms with Crippen LogP contribution in [0.15, 0.2) is 54.6 Å². The number of Topliss-reactive ketones (excluding diaryl/α,β-unsaturated/α-hetero) is 1. The first-order valence-corrected chi connectivity index (χ1v) is 7.76. The molecule has 0 aromatic heterocycles. The SMILES string of the molecule is N#CCONC(=O)CCC(=O)c1ccc(OCc2ccccc2)cc1. The predicted molar refractivity (Wildman–Crippen MR) is 90.5 cm³/mol. The number of ketones is 1. The molecule has 0 aliphatic rings. The van der Waals surface area contributed by atoms with E-state index in [0.717, 1.165) is 5.56 Å². The zero-order valence-corrected chi connectivity index (χ0v) is 13.6. The molecule has 0 atom stereocenters. The maximum atomic E-state index is 12.1. The van der Waals surface area contributed by atoms with Crippen LogP contribution in [0.2, 0.25) is 0 Å². The van der Waals surface area contributed by atoms with E-state index in [0.29, 0.717) is 17.9 Å². The zero-order chi connectivity index (χ0) is 17.9. The van der Waals surface area contributed by atoms with E-state index in [1.54, 1.807) is 30.3 Å². The van der Waals surface area contributed by atoms with Crippen LogP contribution in [0.3, 0.4) is 0 Å². The molecule has 6 nitrogen and oxygen atoms in total. The Bertz CT molecular complexity index is 736. The number of amides is 1. The number of nitrogens with one attached hydrogen (secondary N) is 1. The fraction of sp³-hybridized carbons (Fsp3) is 0.211. The molecule has 0 saturated carbocycles. The number of hydrogen-bond donors (Lipinski definition) is 1. The van der Waals surface area contributed by atoms with Gasteiger partial charge in [-0.05, 0) is 29.8 Å². The van der Waals surface area contributed by atoms with E-state index < -0.39 is 5.91 Å². The number of carbonyl (C=O) groups is 2. The number of nitrogens with zero attached hydrogens (tertiary/aromatic N) is 1. The fourth-order valence-corrected chi connectivity index (χ4v) is 2.05. The van der Waals surface area contributed by atoms with Gasteiger partial charge in [-0.15, -0.1) is 0 Å². The molecular weight excluding hydrogens is 320 g/mol. The van der Waals surface area contributed by atoms with E-state index in [9.17, 15) is 9.59 Å². The Labute approximate surface area is 145 Å². The first-order valence-electron chi connectivity index (χ1n) is 7.76. The van der Waals surface area contributed by atoms with Gasteiger partial charge in [-0.25, -0.2) is 5.48 Å². The molecule has 1 amide bonds. The summed E-state index contributed by atoms with van der Waals surface area (Å²) in [4.78, 5) is 28.0. The largest absolute Gasteiger partial charge is 0.489 e. The summed E-state index contributed by atoms with van der Waals surface area (Å²) in [5.74, 6) is 0.0829. The summed E-state index contributed by atoms with van der Waals surface area (Å²) in [6.07, 6.45) is 0.0580. The highest BCUT2D eigenvalue weighted by molar-refractivity contribution is 5.97. The third kappa shape index (κ3) is 6.45. The minimum absolute atomic E-state index is 0.00345. The molecule has 0 aliphatic carbocycles. The van der Waals surface area contributed by atoms with Crippen LogP contribution in [0.5, 0.6) is 5.75 Å².